The van der Waals surface area contributed by atoms with Crippen molar-refractivity contribution in [1.82, 2.24) is 9.80 Å². The van der Waals surface area contributed by atoms with Crippen LogP contribution in [0.5, 0.6) is 0 Å². The average Bonchev–Trinajstić information content (AvgIpc) is 3.77. The third-order valence-electron chi connectivity index (χ3n) is 12.6. The Morgan fingerprint density at radius 1 is 0.981 bits per heavy atom. The molecule has 0 aromatic heterocycles. The number of anilines is 1. The van der Waals surface area contributed by atoms with E-state index in [9.17, 15) is 23.1 Å². The summed E-state index contributed by atoms with van der Waals surface area (Å²) in [5, 5.41) is 9.56. The summed E-state index contributed by atoms with van der Waals surface area (Å²) in [7, 11) is 4.90. The number of rotatable bonds is 12. The number of alkyl halides is 3. The van der Waals surface area contributed by atoms with Crippen LogP contribution in [0.15, 0.2) is 41.7 Å². The van der Waals surface area contributed by atoms with E-state index in [2.05, 4.69) is 11.0 Å². The molecule has 13 heteroatoms. The molecule has 3 aliphatic heterocycles. The fourth-order valence-electron chi connectivity index (χ4n) is 9.66. The number of hydrogen-bond donors (Lipinski definition) is 1. The summed E-state index contributed by atoms with van der Waals surface area (Å²) in [5.41, 5.74) is 0.438. The van der Waals surface area contributed by atoms with Crippen LogP contribution >= 0.6 is 0 Å². The van der Waals surface area contributed by atoms with Crippen LogP contribution in [-0.2, 0) is 34.7 Å². The molecule has 1 aromatic rings. The van der Waals surface area contributed by atoms with Crippen LogP contribution < -0.4 is 4.90 Å². The highest BCUT2D eigenvalue weighted by molar-refractivity contribution is 5.88. The topological polar surface area (TPSA) is 101 Å². The fourth-order valence-corrected chi connectivity index (χ4v) is 9.66. The molecule has 53 heavy (non-hydrogen) atoms. The van der Waals surface area contributed by atoms with E-state index in [-0.39, 0.29) is 36.5 Å². The molecular weight excluding hydrogens is 691 g/mol. The first-order valence-corrected chi connectivity index (χ1v) is 19.3. The predicted octanol–water partition coefficient (Wildman–Crippen LogP) is 6.25. The number of methoxy groups -OCH3 is 3. The van der Waals surface area contributed by atoms with Gasteiger partial charge >= 0.3 is 12.1 Å². The van der Waals surface area contributed by atoms with E-state index in [1.165, 1.54) is 6.07 Å². The van der Waals surface area contributed by atoms with E-state index in [0.29, 0.717) is 70.3 Å². The molecule has 1 saturated carbocycles. The molecule has 3 saturated heterocycles. The van der Waals surface area contributed by atoms with Gasteiger partial charge in [0.2, 0.25) is 0 Å². The first kappa shape index (κ1) is 39.6. The van der Waals surface area contributed by atoms with Gasteiger partial charge in [-0.25, -0.2) is 0 Å². The van der Waals surface area contributed by atoms with E-state index >= 15 is 4.79 Å². The highest BCUT2D eigenvalue weighted by Gasteiger charge is 2.58. The molecule has 5 aliphatic rings. The maximum absolute atomic E-state index is 15.3. The van der Waals surface area contributed by atoms with Crippen LogP contribution in [0.3, 0.4) is 0 Å². The number of benzene rings is 1. The van der Waals surface area contributed by atoms with Gasteiger partial charge in [-0.2, -0.15) is 13.2 Å². The van der Waals surface area contributed by atoms with Crippen LogP contribution in [0.25, 0.3) is 0 Å². The molecule has 1 N–H and O–H groups in total. The van der Waals surface area contributed by atoms with E-state index in [4.69, 9.17) is 18.9 Å². The molecule has 10 nitrogen and oxygen atoms in total. The van der Waals surface area contributed by atoms with Crippen molar-refractivity contribution in [3.05, 3.63) is 52.8 Å². The van der Waals surface area contributed by atoms with Crippen molar-refractivity contribution in [2.24, 2.45) is 11.8 Å². The highest BCUT2D eigenvalue weighted by Crippen LogP contribution is 2.47. The summed E-state index contributed by atoms with van der Waals surface area (Å²) in [6.45, 7) is 5.12. The molecule has 2 aliphatic carbocycles. The van der Waals surface area contributed by atoms with E-state index in [1.807, 2.05) is 22.8 Å². The van der Waals surface area contributed by atoms with Gasteiger partial charge in [-0.1, -0.05) is 17.7 Å². The van der Waals surface area contributed by atoms with Gasteiger partial charge in [0.1, 0.15) is 0 Å². The molecule has 3 heterocycles. The zero-order chi connectivity index (χ0) is 37.9. The standard InChI is InChI=1S/C40H56F3N3O7/c1-5-53-33-13-9-30(10-14-33)45-23-35(26-6-11-32(51-3)12-7-26)39(25-45,52-4)38(49)46-22-28(20-31(46)24-50-2)34-15-8-29(40(41,42)43)21-36(34)44-18-16-27(17-19-44)37(47)48/h6,8,11,15,21,27-28,30-31,33,35H,5,7,9-10,12-14,16-20,22-25H2,1-4H3,(H,47,48)/t28-,30?,31+,33?,35-,39-/m0/s1. The fraction of sp³-hybridized carbons (Fsp3) is 0.700. The number of carbonyl (C=O) groups excluding carboxylic acids is 1. The molecule has 0 unspecified atom stereocenters. The number of amides is 1. The maximum Gasteiger partial charge on any atom is 0.416 e. The average molecular weight is 748 g/mol. The van der Waals surface area contributed by atoms with Crippen molar-refractivity contribution in [3.63, 3.8) is 0 Å². The lowest BCUT2D eigenvalue weighted by molar-refractivity contribution is -0.159. The summed E-state index contributed by atoms with van der Waals surface area (Å²) in [4.78, 5) is 33.2. The number of aliphatic carboxylic acids is 1. The number of hydrogen-bond acceptors (Lipinski definition) is 8. The normalized spacial score (nSPS) is 30.4. The van der Waals surface area contributed by atoms with Crippen molar-refractivity contribution < 1.29 is 46.8 Å². The first-order chi connectivity index (χ1) is 25.4. The minimum absolute atomic E-state index is 0.113. The van der Waals surface area contributed by atoms with Gasteiger partial charge in [0.25, 0.3) is 5.91 Å². The van der Waals surface area contributed by atoms with Gasteiger partial charge in [0.05, 0.1) is 43.1 Å². The van der Waals surface area contributed by atoms with Crippen molar-refractivity contribution in [3.8, 4) is 0 Å². The lowest BCUT2D eigenvalue weighted by Crippen LogP contribution is -2.58. The molecule has 294 valence electrons. The van der Waals surface area contributed by atoms with Crippen LogP contribution in [0.4, 0.5) is 18.9 Å². The minimum atomic E-state index is -4.54. The summed E-state index contributed by atoms with van der Waals surface area (Å²) < 4.78 is 65.7. The smallest absolute Gasteiger partial charge is 0.416 e. The lowest BCUT2D eigenvalue weighted by Gasteiger charge is -2.39. The molecule has 0 bridgehead atoms. The number of halogens is 3. The number of carboxylic acid groups (broad SMARTS) is 1. The second-order valence-electron chi connectivity index (χ2n) is 15.4. The number of ether oxygens (including phenoxy) is 4. The second kappa shape index (κ2) is 16.7. The van der Waals surface area contributed by atoms with Crippen molar-refractivity contribution in [2.45, 2.75) is 101 Å². The van der Waals surface area contributed by atoms with Crippen LogP contribution in [0, 0.1) is 11.8 Å². The summed E-state index contributed by atoms with van der Waals surface area (Å²) in [5.74, 6) is -1.07. The Balaban J connectivity index is 1.31. The predicted molar refractivity (Wildman–Crippen MR) is 194 cm³/mol. The van der Waals surface area contributed by atoms with Crippen LogP contribution in [0.2, 0.25) is 0 Å². The van der Waals surface area contributed by atoms with E-state index < -0.39 is 29.2 Å². The quantitative estimate of drug-likeness (QED) is 0.266. The largest absolute Gasteiger partial charge is 0.501 e. The number of nitrogens with zero attached hydrogens (tertiary/aromatic N) is 3. The van der Waals surface area contributed by atoms with E-state index in [0.717, 1.165) is 61.5 Å². The summed E-state index contributed by atoms with van der Waals surface area (Å²) >= 11 is 0. The number of carbonyl (C=O) groups is 2. The van der Waals surface area contributed by atoms with Gasteiger partial charge < -0.3 is 33.9 Å². The molecule has 1 amide bonds. The molecule has 4 atom stereocenters. The summed E-state index contributed by atoms with van der Waals surface area (Å²) in [6, 6.07) is 3.87. The third-order valence-corrected chi connectivity index (χ3v) is 12.6. The lowest BCUT2D eigenvalue weighted by atomic mass is 9.79. The zero-order valence-corrected chi connectivity index (χ0v) is 31.5. The Hall–Kier alpha value is -3.13. The summed E-state index contributed by atoms with van der Waals surface area (Å²) in [6.07, 6.45) is 6.44. The Morgan fingerprint density at radius 3 is 2.30 bits per heavy atom. The Morgan fingerprint density at radius 2 is 1.72 bits per heavy atom. The van der Waals surface area contributed by atoms with Gasteiger partial charge in [0, 0.05) is 83.5 Å². The first-order valence-electron chi connectivity index (χ1n) is 19.3. The van der Waals surface area contributed by atoms with Gasteiger partial charge in [0.15, 0.2) is 5.60 Å². The third kappa shape index (κ3) is 8.28. The molecular formula is C40H56F3N3O7. The number of piperidine rings is 1. The maximum atomic E-state index is 15.3. The van der Waals surface area contributed by atoms with Crippen molar-refractivity contribution in [1.29, 1.82) is 0 Å². The van der Waals surface area contributed by atoms with Gasteiger partial charge in [-0.15, -0.1) is 0 Å². The number of carboxylic acids is 1. The molecule has 6 rings (SSSR count). The minimum Gasteiger partial charge on any atom is -0.501 e. The van der Waals surface area contributed by atoms with Gasteiger partial charge in [-0.05, 0) is 82.1 Å². The van der Waals surface area contributed by atoms with Gasteiger partial charge in [-0.3, -0.25) is 14.5 Å². The molecule has 0 radical (unpaired) electrons. The molecule has 0 spiro atoms. The molecule has 1 aromatic carbocycles. The Labute approximate surface area is 311 Å². The second-order valence-corrected chi connectivity index (χ2v) is 15.4. The van der Waals surface area contributed by atoms with Crippen molar-refractivity contribution >= 4 is 17.6 Å². The SMILES string of the molecule is CCOC1CCC(N2C[C@@H](C3=CC=C(OC)CC3)[C@](OC)(C(=O)N3C[C@@H](c4ccc(C(F)(F)F)cc4N4CCC(C(=O)O)CC4)C[C@@H]3COC)C2)CC1. The Bertz CT molecular complexity index is 1520. The van der Waals surface area contributed by atoms with E-state index in [1.54, 1.807) is 27.4 Å². The Kier molecular flexibility index (Phi) is 12.5. The highest BCUT2D eigenvalue weighted by atomic mass is 19.4. The molecule has 4 fully saturated rings. The zero-order valence-electron chi connectivity index (χ0n) is 31.5. The van der Waals surface area contributed by atoms with Crippen molar-refractivity contribution in [2.75, 3.05) is 72.2 Å². The number of allylic oxidation sites excluding steroid dienone is 3. The van der Waals surface area contributed by atoms with Crippen LogP contribution in [0.1, 0.15) is 81.8 Å². The number of likely N-dealkylation sites (tertiary alicyclic amines) is 2. The monoisotopic (exact) mass is 747 g/mol. The van der Waals surface area contributed by atoms with Crippen LogP contribution in [-0.4, -0.2) is 118 Å².